The maximum Gasteiger partial charge on any atom is 0.104 e. The minimum Gasteiger partial charge on any atom is -0.379 e. The molecule has 0 amide bonds. The van der Waals surface area contributed by atoms with Gasteiger partial charge in [0.1, 0.15) is 6.10 Å². The second-order valence-electron chi connectivity index (χ2n) is 28.1. The van der Waals surface area contributed by atoms with E-state index in [1.165, 1.54) is 38.5 Å². The molecule has 414 valence electrons. The molecule has 7 aliphatic heterocycles. The summed E-state index contributed by atoms with van der Waals surface area (Å²) in [5, 5.41) is 0. The normalized spacial score (nSPS) is 26.6. The van der Waals surface area contributed by atoms with Crippen LogP contribution in [0.3, 0.4) is 0 Å². The zero-order valence-corrected chi connectivity index (χ0v) is 49.3. The lowest BCUT2D eigenvalue weighted by Gasteiger charge is -2.29. The summed E-state index contributed by atoms with van der Waals surface area (Å²) in [4.78, 5) is 0. The van der Waals surface area contributed by atoms with Crippen molar-refractivity contribution in [2.24, 2.45) is 32.5 Å². The van der Waals surface area contributed by atoms with Crippen LogP contribution >= 0.6 is 0 Å². The first-order valence-electron chi connectivity index (χ1n) is 27.3. The number of rotatable bonds is 7. The van der Waals surface area contributed by atoms with E-state index in [0.717, 1.165) is 112 Å². The lowest BCUT2D eigenvalue weighted by Crippen LogP contribution is -2.38. The first-order chi connectivity index (χ1) is 31.6. The molecule has 0 aromatic heterocycles. The summed E-state index contributed by atoms with van der Waals surface area (Å²) in [5.74, 6) is 0. The molecule has 0 N–H and O–H groups in total. The van der Waals surface area contributed by atoms with Crippen molar-refractivity contribution in [1.82, 2.24) is 0 Å². The summed E-state index contributed by atoms with van der Waals surface area (Å²) < 4.78 is 59.6. The van der Waals surface area contributed by atoms with Gasteiger partial charge in [-0.25, -0.2) is 0 Å². The van der Waals surface area contributed by atoms with Gasteiger partial charge in [-0.05, 0) is 111 Å². The highest BCUT2D eigenvalue weighted by atomic mass is 16.6. The fraction of sp³-hybridized carbons (Fsp3) is 1.00. The second kappa shape index (κ2) is 32.1. The lowest BCUT2D eigenvalue weighted by molar-refractivity contribution is -0.141. The van der Waals surface area contributed by atoms with E-state index in [9.17, 15) is 0 Å². The molecule has 69 heavy (non-hydrogen) atoms. The Kier molecular flexibility index (Phi) is 31.0. The predicted octanol–water partition coefficient (Wildman–Crippen LogP) is 13.3. The number of hydrogen-bond donors (Lipinski definition) is 0. The van der Waals surface area contributed by atoms with Crippen LogP contribution in [0, 0.1) is 32.5 Å². The van der Waals surface area contributed by atoms with Crippen molar-refractivity contribution in [1.29, 1.82) is 0 Å². The highest BCUT2D eigenvalue weighted by Crippen LogP contribution is 2.31. The van der Waals surface area contributed by atoms with Crippen LogP contribution in [0.25, 0.3) is 0 Å². The van der Waals surface area contributed by atoms with Gasteiger partial charge in [0.2, 0.25) is 0 Å². The van der Waals surface area contributed by atoms with Gasteiger partial charge in [0.15, 0.2) is 0 Å². The standard InChI is InChI=1S/2C9H18O2.2C8H16O2.3C8H16O/c2*1-9(2,3)7-11-8-4-5-10-6-8;1-8(2,3)6-10-7-4-9-5-7;1-8(2,3)10-7-4-5-9-6-7;3*1-8(2,3)7-5-4-6-9-7/h2*8H,4-7H2,1-3H3;2*7H,4-6H2,1-3H3;3*7H,4-6H2,1-3H3/t2*8-;;3*7-;/m10.110./s1. The Morgan fingerprint density at radius 2 is 0.594 bits per heavy atom. The molecule has 7 fully saturated rings. The average Bonchev–Trinajstić information content (AvgIpc) is 4.03. The molecule has 7 rings (SSSR count). The van der Waals surface area contributed by atoms with Gasteiger partial charge in [0.05, 0.1) is 95.1 Å². The summed E-state index contributed by atoms with van der Waals surface area (Å²) in [5.41, 5.74) is 1.91. The number of hydrogen-bond acceptors (Lipinski definition) is 11. The van der Waals surface area contributed by atoms with E-state index in [-0.39, 0.29) is 21.8 Å². The van der Waals surface area contributed by atoms with Crippen LogP contribution in [0.4, 0.5) is 0 Å². The second-order valence-corrected chi connectivity index (χ2v) is 28.1. The minimum atomic E-state index is -0.0155. The Hall–Kier alpha value is -0.440. The molecular formula is C58H116O11. The minimum absolute atomic E-state index is 0.0155. The smallest absolute Gasteiger partial charge is 0.104 e. The van der Waals surface area contributed by atoms with Crippen LogP contribution in [0.5, 0.6) is 0 Å². The third-order valence-electron chi connectivity index (χ3n) is 11.7. The molecule has 0 aliphatic carbocycles. The summed E-state index contributed by atoms with van der Waals surface area (Å²) in [6, 6.07) is 0. The zero-order valence-electron chi connectivity index (χ0n) is 49.3. The van der Waals surface area contributed by atoms with Gasteiger partial charge in [0.25, 0.3) is 0 Å². The van der Waals surface area contributed by atoms with Crippen molar-refractivity contribution < 1.29 is 52.1 Å². The molecule has 0 saturated carbocycles. The van der Waals surface area contributed by atoms with Crippen LogP contribution in [0.2, 0.25) is 0 Å². The van der Waals surface area contributed by atoms with Crippen LogP contribution in [0.15, 0.2) is 0 Å². The summed E-state index contributed by atoms with van der Waals surface area (Å²) in [7, 11) is 0. The topological polar surface area (TPSA) is 102 Å². The van der Waals surface area contributed by atoms with E-state index in [4.69, 9.17) is 52.1 Å². The van der Waals surface area contributed by atoms with Crippen molar-refractivity contribution in [3.05, 3.63) is 0 Å². The van der Waals surface area contributed by atoms with Crippen molar-refractivity contribution >= 4 is 0 Å². The van der Waals surface area contributed by atoms with Gasteiger partial charge in [-0.15, -0.1) is 0 Å². The molecular weight excluding hydrogens is 873 g/mol. The van der Waals surface area contributed by atoms with E-state index in [1.54, 1.807) is 0 Å². The molecule has 6 atom stereocenters. The quantitative estimate of drug-likeness (QED) is 0.244. The maximum absolute atomic E-state index is 5.67. The van der Waals surface area contributed by atoms with Crippen molar-refractivity contribution in [2.75, 3.05) is 92.5 Å². The van der Waals surface area contributed by atoms with Crippen molar-refractivity contribution in [2.45, 2.75) is 252 Å². The maximum atomic E-state index is 5.67. The molecule has 7 heterocycles. The van der Waals surface area contributed by atoms with Gasteiger partial charge in [-0.3, -0.25) is 0 Å². The van der Waals surface area contributed by atoms with E-state index in [2.05, 4.69) is 145 Å². The molecule has 0 aromatic rings. The van der Waals surface area contributed by atoms with Gasteiger partial charge < -0.3 is 52.1 Å². The van der Waals surface area contributed by atoms with Crippen molar-refractivity contribution in [3.63, 3.8) is 0 Å². The van der Waals surface area contributed by atoms with Gasteiger partial charge >= 0.3 is 0 Å². The monoisotopic (exact) mass is 989 g/mol. The summed E-state index contributed by atoms with van der Waals surface area (Å²) >= 11 is 0. The Morgan fingerprint density at radius 1 is 0.319 bits per heavy atom. The third-order valence-corrected chi connectivity index (χ3v) is 11.7. The van der Waals surface area contributed by atoms with E-state index in [1.807, 2.05) is 0 Å². The SMILES string of the molecule is CC(C)(C)C1CCCO1.CC(C)(C)COC1COC1.CC(C)(C)CO[C@@H]1CCOC1.CC(C)(C)CO[C@H]1CCOC1.CC(C)(C)O[C@@H]1CCOC1.CC(C)(C)[C@@H]1CCCO1.CC(C)(C)[C@H]1CCCO1. The fourth-order valence-electron chi connectivity index (χ4n) is 7.59. The van der Waals surface area contributed by atoms with Gasteiger partial charge in [-0.2, -0.15) is 0 Å². The first kappa shape index (κ1) is 66.6. The first-order valence-corrected chi connectivity index (χ1v) is 27.3. The fourth-order valence-corrected chi connectivity index (χ4v) is 7.59. The largest absolute Gasteiger partial charge is 0.379 e. The molecule has 0 aromatic carbocycles. The predicted molar refractivity (Wildman–Crippen MR) is 285 cm³/mol. The Labute approximate surface area is 427 Å². The van der Waals surface area contributed by atoms with Gasteiger partial charge in [-0.1, -0.05) is 125 Å². The highest BCUT2D eigenvalue weighted by Gasteiger charge is 2.30. The van der Waals surface area contributed by atoms with Crippen LogP contribution < -0.4 is 0 Å². The molecule has 11 heteroatoms. The lowest BCUT2D eigenvalue weighted by atomic mass is 9.88. The third kappa shape index (κ3) is 37.0. The van der Waals surface area contributed by atoms with Gasteiger partial charge in [0, 0.05) is 39.6 Å². The molecule has 0 radical (unpaired) electrons. The summed E-state index contributed by atoms with van der Waals surface area (Å²) in [6.45, 7) is 57.9. The van der Waals surface area contributed by atoms with E-state index in [0.29, 0.717) is 59.0 Å². The van der Waals surface area contributed by atoms with Crippen LogP contribution in [-0.2, 0) is 52.1 Å². The highest BCUT2D eigenvalue weighted by molar-refractivity contribution is 4.80. The molecule has 0 bridgehead atoms. The average molecular weight is 990 g/mol. The van der Waals surface area contributed by atoms with Crippen LogP contribution in [0.1, 0.15) is 203 Å². The Bertz CT molecular complexity index is 1130. The molecule has 0 spiro atoms. The Balaban J connectivity index is 0.000000403. The van der Waals surface area contributed by atoms with E-state index < -0.39 is 0 Å². The van der Waals surface area contributed by atoms with E-state index >= 15 is 0 Å². The molecule has 7 saturated heterocycles. The molecule has 7 aliphatic rings. The van der Waals surface area contributed by atoms with Crippen LogP contribution in [-0.4, -0.2) is 141 Å². The zero-order chi connectivity index (χ0) is 52.6. The molecule has 1 unspecified atom stereocenters. The number of ether oxygens (including phenoxy) is 11. The summed E-state index contributed by atoms with van der Waals surface area (Å²) in [6.07, 6.45) is 13.7. The molecule has 11 nitrogen and oxygen atoms in total. The van der Waals surface area contributed by atoms with Crippen molar-refractivity contribution in [3.8, 4) is 0 Å². The Morgan fingerprint density at radius 3 is 0.768 bits per heavy atom.